The van der Waals surface area contributed by atoms with Gasteiger partial charge in [-0.25, -0.2) is 13.6 Å². The van der Waals surface area contributed by atoms with Gasteiger partial charge < -0.3 is 10.6 Å². The first kappa shape index (κ1) is 27.5. The highest BCUT2D eigenvalue weighted by molar-refractivity contribution is 5.50. The van der Waals surface area contributed by atoms with Gasteiger partial charge in [0, 0.05) is 50.0 Å². The van der Waals surface area contributed by atoms with Crippen LogP contribution in [-0.4, -0.2) is 40.2 Å². The van der Waals surface area contributed by atoms with Gasteiger partial charge >= 0.3 is 5.69 Å². The Balaban J connectivity index is 1.51. The molecular weight excluding hydrogens is 512 g/mol. The van der Waals surface area contributed by atoms with Gasteiger partial charge in [0.05, 0.1) is 13.1 Å². The fourth-order valence-electron chi connectivity index (χ4n) is 5.31. The third-order valence-corrected chi connectivity index (χ3v) is 7.58. The molecule has 208 valence electrons. The first-order valence-electron chi connectivity index (χ1n) is 13.4. The largest absolute Gasteiger partial charge is 0.363 e. The molecule has 1 aliphatic rings. The number of benzene rings is 3. The zero-order valence-electron chi connectivity index (χ0n) is 22.5. The van der Waals surface area contributed by atoms with E-state index in [1.165, 1.54) is 16.2 Å². The lowest BCUT2D eigenvalue weighted by Crippen LogP contribution is -2.51. The van der Waals surface area contributed by atoms with Crippen LogP contribution < -0.4 is 21.9 Å². The Labute approximate surface area is 231 Å². The number of aromatic nitrogens is 2. The molecule has 0 saturated carbocycles. The lowest BCUT2D eigenvalue weighted by atomic mass is 10.1. The van der Waals surface area contributed by atoms with E-state index in [0.29, 0.717) is 24.5 Å². The predicted molar refractivity (Wildman–Crippen MR) is 152 cm³/mol. The van der Waals surface area contributed by atoms with E-state index in [0.717, 1.165) is 41.9 Å². The summed E-state index contributed by atoms with van der Waals surface area (Å²) in [6, 6.07) is 22.4. The second-order valence-electron chi connectivity index (χ2n) is 10.2. The highest BCUT2D eigenvalue weighted by atomic mass is 19.1. The summed E-state index contributed by atoms with van der Waals surface area (Å²) in [7, 11) is 0. The zero-order valence-corrected chi connectivity index (χ0v) is 22.5. The van der Waals surface area contributed by atoms with Crippen LogP contribution in [0.1, 0.15) is 28.4 Å². The molecule has 0 amide bonds. The van der Waals surface area contributed by atoms with Gasteiger partial charge in [-0.1, -0.05) is 66.7 Å². The van der Waals surface area contributed by atoms with Crippen molar-refractivity contribution in [2.75, 3.05) is 31.1 Å². The highest BCUT2D eigenvalue weighted by Crippen LogP contribution is 2.21. The monoisotopic (exact) mass is 545 g/mol. The Hall–Kier alpha value is -4.08. The predicted octanol–water partition coefficient (Wildman–Crippen LogP) is 3.67. The van der Waals surface area contributed by atoms with Crippen molar-refractivity contribution in [2.45, 2.75) is 32.6 Å². The molecule has 2 heterocycles. The summed E-state index contributed by atoms with van der Waals surface area (Å²) in [5.74, 6) is -1.50. The van der Waals surface area contributed by atoms with Crippen LogP contribution in [0.15, 0.2) is 88.5 Å². The van der Waals surface area contributed by atoms with Crippen molar-refractivity contribution in [1.82, 2.24) is 14.0 Å². The summed E-state index contributed by atoms with van der Waals surface area (Å²) in [4.78, 5) is 31.9. The first-order chi connectivity index (χ1) is 19.3. The SMILES string of the molecule is Cc1c(N2CCN(Cc3ccccc3)CC2)c(=O)n(C[C@@H](N)c2ccccc2)c(=O)n1Cc1c(F)cccc1F. The lowest BCUT2D eigenvalue weighted by molar-refractivity contribution is 0.249. The lowest BCUT2D eigenvalue weighted by Gasteiger charge is -2.37. The van der Waals surface area contributed by atoms with Gasteiger partial charge in [0.2, 0.25) is 0 Å². The van der Waals surface area contributed by atoms with Crippen molar-refractivity contribution in [3.8, 4) is 0 Å². The second-order valence-corrected chi connectivity index (χ2v) is 10.2. The summed E-state index contributed by atoms with van der Waals surface area (Å²) in [5.41, 5.74) is 7.81. The molecule has 9 heteroatoms. The molecule has 1 aliphatic heterocycles. The van der Waals surface area contributed by atoms with Crippen LogP contribution in [0, 0.1) is 18.6 Å². The molecule has 5 rings (SSSR count). The van der Waals surface area contributed by atoms with Crippen LogP contribution in [0.25, 0.3) is 0 Å². The molecule has 1 aromatic heterocycles. The van der Waals surface area contributed by atoms with E-state index >= 15 is 0 Å². The summed E-state index contributed by atoms with van der Waals surface area (Å²) in [5, 5.41) is 0. The average molecular weight is 546 g/mol. The molecule has 40 heavy (non-hydrogen) atoms. The standard InChI is InChI=1S/C31H33F2N5O2/c1-22-29(36-17-15-35(16-18-36)19-23-9-4-2-5-10-23)30(39)38(21-28(34)24-11-6-3-7-12-24)31(40)37(22)20-25-26(32)13-8-14-27(25)33/h2-14,28H,15-21,34H2,1H3/t28-/m1/s1. The maximum Gasteiger partial charge on any atom is 0.331 e. The van der Waals surface area contributed by atoms with Crippen molar-refractivity contribution < 1.29 is 8.78 Å². The fraction of sp³-hybridized carbons (Fsp3) is 0.290. The van der Waals surface area contributed by atoms with Crippen LogP contribution in [0.5, 0.6) is 0 Å². The number of hydrogen-bond donors (Lipinski definition) is 1. The molecule has 1 saturated heterocycles. The number of nitrogens with two attached hydrogens (primary N) is 1. The molecule has 1 fully saturated rings. The molecule has 0 spiro atoms. The zero-order chi connectivity index (χ0) is 28.2. The van der Waals surface area contributed by atoms with E-state index in [-0.39, 0.29) is 18.7 Å². The van der Waals surface area contributed by atoms with Crippen molar-refractivity contribution in [1.29, 1.82) is 0 Å². The molecule has 2 N–H and O–H groups in total. The normalized spacial score (nSPS) is 14.8. The third kappa shape index (κ3) is 5.76. The topological polar surface area (TPSA) is 76.5 Å². The molecule has 1 atom stereocenters. The summed E-state index contributed by atoms with van der Waals surface area (Å²) >= 11 is 0. The molecule has 3 aromatic carbocycles. The van der Waals surface area contributed by atoms with Crippen molar-refractivity contribution in [2.24, 2.45) is 5.73 Å². The van der Waals surface area contributed by atoms with Gasteiger partial charge in [0.25, 0.3) is 5.56 Å². The molecule has 0 bridgehead atoms. The van der Waals surface area contributed by atoms with Crippen LogP contribution in [0.2, 0.25) is 0 Å². The van der Waals surface area contributed by atoms with E-state index in [9.17, 15) is 18.4 Å². The minimum absolute atomic E-state index is 0.0668. The first-order valence-corrected chi connectivity index (χ1v) is 13.4. The number of anilines is 1. The van der Waals surface area contributed by atoms with Gasteiger partial charge in [0.15, 0.2) is 0 Å². The summed E-state index contributed by atoms with van der Waals surface area (Å²) in [6.07, 6.45) is 0. The molecular formula is C31H33F2N5O2. The molecule has 0 unspecified atom stereocenters. The van der Waals surface area contributed by atoms with E-state index in [1.54, 1.807) is 6.92 Å². The summed E-state index contributed by atoms with van der Waals surface area (Å²) in [6.45, 7) is 4.63. The number of rotatable bonds is 8. The van der Waals surface area contributed by atoms with Crippen molar-refractivity contribution in [3.05, 3.63) is 134 Å². The maximum absolute atomic E-state index is 14.6. The van der Waals surface area contributed by atoms with E-state index in [4.69, 9.17) is 5.73 Å². The van der Waals surface area contributed by atoms with Gasteiger partial charge in [0.1, 0.15) is 17.3 Å². The number of hydrogen-bond acceptors (Lipinski definition) is 5. The van der Waals surface area contributed by atoms with Crippen LogP contribution in [0.3, 0.4) is 0 Å². The Morgan fingerprint density at radius 1 is 0.775 bits per heavy atom. The average Bonchev–Trinajstić information content (AvgIpc) is 2.96. The van der Waals surface area contributed by atoms with Crippen LogP contribution in [-0.2, 0) is 19.6 Å². The van der Waals surface area contributed by atoms with Gasteiger partial charge in [-0.15, -0.1) is 0 Å². The number of halogens is 2. The maximum atomic E-state index is 14.6. The Bertz CT molecular complexity index is 1560. The second kappa shape index (κ2) is 12.0. The van der Waals surface area contributed by atoms with Gasteiger partial charge in [-0.3, -0.25) is 18.8 Å². The Morgan fingerprint density at radius 2 is 1.38 bits per heavy atom. The van der Waals surface area contributed by atoms with Crippen molar-refractivity contribution >= 4 is 5.69 Å². The van der Waals surface area contributed by atoms with E-state index in [1.807, 2.05) is 53.4 Å². The fourth-order valence-corrected chi connectivity index (χ4v) is 5.31. The summed E-state index contributed by atoms with van der Waals surface area (Å²) < 4.78 is 31.6. The minimum Gasteiger partial charge on any atom is -0.363 e. The minimum atomic E-state index is -0.749. The van der Waals surface area contributed by atoms with Gasteiger partial charge in [-0.05, 0) is 30.2 Å². The smallest absolute Gasteiger partial charge is 0.331 e. The number of piperazine rings is 1. The van der Waals surface area contributed by atoms with E-state index < -0.39 is 28.9 Å². The van der Waals surface area contributed by atoms with Crippen molar-refractivity contribution in [3.63, 3.8) is 0 Å². The Morgan fingerprint density at radius 3 is 2.00 bits per heavy atom. The highest BCUT2D eigenvalue weighted by Gasteiger charge is 2.26. The number of nitrogens with zero attached hydrogens (tertiary/aromatic N) is 4. The Kier molecular flexibility index (Phi) is 8.23. The molecule has 0 radical (unpaired) electrons. The van der Waals surface area contributed by atoms with Crippen LogP contribution >= 0.6 is 0 Å². The molecule has 4 aromatic rings. The van der Waals surface area contributed by atoms with Gasteiger partial charge in [-0.2, -0.15) is 0 Å². The molecule has 0 aliphatic carbocycles. The third-order valence-electron chi connectivity index (χ3n) is 7.58. The van der Waals surface area contributed by atoms with Crippen LogP contribution in [0.4, 0.5) is 14.5 Å². The molecule has 7 nitrogen and oxygen atoms in total. The quantitative estimate of drug-likeness (QED) is 0.366. The van der Waals surface area contributed by atoms with E-state index in [2.05, 4.69) is 17.0 Å².